The highest BCUT2D eigenvalue weighted by Crippen LogP contribution is 2.30. The largest absolute Gasteiger partial charge is 0.478 e. The molecular weight excluding hydrogens is 259 g/mol. The van der Waals surface area contributed by atoms with Crippen LogP contribution >= 0.6 is 0 Å². The summed E-state index contributed by atoms with van der Waals surface area (Å²) < 4.78 is 19.0. The van der Waals surface area contributed by atoms with Gasteiger partial charge in [-0.15, -0.1) is 0 Å². The number of carboxylic acids is 1. The molecule has 2 rings (SSSR count). The van der Waals surface area contributed by atoms with Gasteiger partial charge < -0.3 is 15.2 Å². The lowest BCUT2D eigenvalue weighted by Crippen LogP contribution is -2.33. The number of nitrogens with zero attached hydrogens (tertiary/aromatic N) is 1. The van der Waals surface area contributed by atoms with Gasteiger partial charge >= 0.3 is 5.97 Å². The third-order valence-corrected chi connectivity index (χ3v) is 2.85. The molecule has 2 N–H and O–H groups in total. The van der Waals surface area contributed by atoms with Gasteiger partial charge in [-0.05, 0) is 12.5 Å². The fraction of sp³-hybridized carbons (Fsp3) is 0.364. The number of hydrogen-bond acceptors (Lipinski definition) is 5. The van der Waals surface area contributed by atoms with E-state index in [1.165, 1.54) is 0 Å². The lowest BCUT2D eigenvalue weighted by molar-refractivity contribution is -0.384. The monoisotopic (exact) mass is 270 g/mol. The van der Waals surface area contributed by atoms with Gasteiger partial charge in [-0.2, -0.15) is 0 Å². The van der Waals surface area contributed by atoms with Gasteiger partial charge in [0.1, 0.15) is 0 Å². The molecule has 0 spiro atoms. The number of nitrogens with one attached hydrogen (secondary N) is 1. The van der Waals surface area contributed by atoms with Crippen LogP contribution in [0.25, 0.3) is 0 Å². The maximum absolute atomic E-state index is 13.9. The Balaban J connectivity index is 2.31. The molecule has 1 aliphatic heterocycles. The highest BCUT2D eigenvalue weighted by molar-refractivity contribution is 5.90. The zero-order valence-corrected chi connectivity index (χ0v) is 9.76. The number of carbonyl (C=O) groups is 1. The van der Waals surface area contributed by atoms with Crippen LogP contribution in [0.5, 0.6) is 0 Å². The van der Waals surface area contributed by atoms with Crippen molar-refractivity contribution in [3.05, 3.63) is 33.6 Å². The Bertz CT molecular complexity index is 530. The van der Waals surface area contributed by atoms with Crippen molar-refractivity contribution in [2.75, 3.05) is 18.5 Å². The van der Waals surface area contributed by atoms with Crippen LogP contribution in [-0.4, -0.2) is 35.3 Å². The summed E-state index contributed by atoms with van der Waals surface area (Å²) in [7, 11) is 0. The predicted molar refractivity (Wildman–Crippen MR) is 62.9 cm³/mol. The van der Waals surface area contributed by atoms with E-state index in [4.69, 9.17) is 9.84 Å². The molecule has 0 aliphatic carbocycles. The number of ether oxygens (including phenoxy) is 1. The predicted octanol–water partition coefficient (Wildman–Crippen LogP) is 1.63. The third-order valence-electron chi connectivity index (χ3n) is 2.85. The van der Waals surface area contributed by atoms with E-state index in [1.54, 1.807) is 0 Å². The van der Waals surface area contributed by atoms with E-state index in [1.807, 2.05) is 0 Å². The number of hydrogen-bond donors (Lipinski definition) is 2. The SMILES string of the molecule is O=C(O)c1ccc([N+](=O)[O-])c(NCC2CCO2)c1F. The van der Waals surface area contributed by atoms with Crippen LogP contribution in [-0.2, 0) is 4.74 Å². The first kappa shape index (κ1) is 13.2. The van der Waals surface area contributed by atoms with Crippen LogP contribution in [0.3, 0.4) is 0 Å². The fourth-order valence-electron chi connectivity index (χ4n) is 1.71. The third kappa shape index (κ3) is 2.63. The minimum absolute atomic E-state index is 0.132. The van der Waals surface area contributed by atoms with E-state index in [-0.39, 0.29) is 12.6 Å². The lowest BCUT2D eigenvalue weighted by atomic mass is 10.1. The van der Waals surface area contributed by atoms with E-state index < -0.39 is 33.6 Å². The number of anilines is 1. The Kier molecular flexibility index (Phi) is 3.61. The van der Waals surface area contributed by atoms with E-state index in [0.29, 0.717) is 6.61 Å². The lowest BCUT2D eigenvalue weighted by Gasteiger charge is -2.26. The zero-order valence-electron chi connectivity index (χ0n) is 9.76. The van der Waals surface area contributed by atoms with Crippen molar-refractivity contribution in [2.24, 2.45) is 0 Å². The second kappa shape index (κ2) is 5.19. The molecule has 1 unspecified atom stereocenters. The van der Waals surface area contributed by atoms with Gasteiger partial charge in [0.25, 0.3) is 5.69 Å². The summed E-state index contributed by atoms with van der Waals surface area (Å²) in [5.41, 5.74) is -1.52. The number of rotatable bonds is 5. The van der Waals surface area contributed by atoms with Crippen LogP contribution in [0, 0.1) is 15.9 Å². The van der Waals surface area contributed by atoms with Gasteiger partial charge in [0.15, 0.2) is 11.5 Å². The molecule has 19 heavy (non-hydrogen) atoms. The highest BCUT2D eigenvalue weighted by Gasteiger charge is 2.26. The first-order valence-corrected chi connectivity index (χ1v) is 5.56. The molecular formula is C11H11FN2O5. The number of nitro benzene ring substituents is 1. The quantitative estimate of drug-likeness (QED) is 0.622. The van der Waals surface area contributed by atoms with Crippen molar-refractivity contribution in [1.82, 2.24) is 0 Å². The average molecular weight is 270 g/mol. The summed E-state index contributed by atoms with van der Waals surface area (Å²) >= 11 is 0. The molecule has 1 fully saturated rings. The van der Waals surface area contributed by atoms with Crippen molar-refractivity contribution in [2.45, 2.75) is 12.5 Å². The standard InChI is InChI=1S/C11H11FN2O5/c12-9-7(11(15)16)1-2-8(14(17)18)10(9)13-5-6-3-4-19-6/h1-2,6,13H,3-5H2,(H,15,16). The molecule has 0 saturated carbocycles. The minimum atomic E-state index is -1.48. The first-order chi connectivity index (χ1) is 9.00. The van der Waals surface area contributed by atoms with E-state index in [0.717, 1.165) is 18.6 Å². The summed E-state index contributed by atoms with van der Waals surface area (Å²) in [6, 6.07) is 1.84. The van der Waals surface area contributed by atoms with Crippen LogP contribution in [0.1, 0.15) is 16.8 Å². The number of aromatic carboxylic acids is 1. The second-order valence-corrected chi connectivity index (χ2v) is 4.05. The maximum atomic E-state index is 13.9. The smallest absolute Gasteiger partial charge is 0.338 e. The molecule has 1 aromatic rings. The summed E-state index contributed by atoms with van der Waals surface area (Å²) in [5, 5.41) is 22.2. The second-order valence-electron chi connectivity index (χ2n) is 4.05. The van der Waals surface area contributed by atoms with Crippen molar-refractivity contribution in [1.29, 1.82) is 0 Å². The van der Waals surface area contributed by atoms with Crippen LogP contribution in [0.4, 0.5) is 15.8 Å². The molecule has 1 heterocycles. The molecule has 0 radical (unpaired) electrons. The van der Waals surface area contributed by atoms with Gasteiger partial charge in [0.2, 0.25) is 0 Å². The molecule has 1 aliphatic rings. The Labute approximate surface area is 107 Å². The molecule has 1 aromatic carbocycles. The summed E-state index contributed by atoms with van der Waals surface area (Å²) in [6.45, 7) is 0.799. The van der Waals surface area contributed by atoms with Crippen molar-refractivity contribution < 1.29 is 24.0 Å². The van der Waals surface area contributed by atoms with E-state index in [2.05, 4.69) is 5.32 Å². The van der Waals surface area contributed by atoms with Crippen molar-refractivity contribution in [3.8, 4) is 0 Å². The zero-order chi connectivity index (χ0) is 14.0. The molecule has 1 saturated heterocycles. The van der Waals surface area contributed by atoms with Gasteiger partial charge in [0, 0.05) is 19.2 Å². The van der Waals surface area contributed by atoms with Crippen LogP contribution in [0.2, 0.25) is 0 Å². The Morgan fingerprint density at radius 3 is 2.79 bits per heavy atom. The van der Waals surface area contributed by atoms with Crippen LogP contribution < -0.4 is 5.32 Å². The van der Waals surface area contributed by atoms with Gasteiger partial charge in [-0.3, -0.25) is 10.1 Å². The topological polar surface area (TPSA) is 102 Å². The molecule has 1 atom stereocenters. The Morgan fingerprint density at radius 2 is 2.32 bits per heavy atom. The normalized spacial score (nSPS) is 17.6. The number of carboxylic acid groups (broad SMARTS) is 1. The van der Waals surface area contributed by atoms with Gasteiger partial charge in [0.05, 0.1) is 16.6 Å². The summed E-state index contributed by atoms with van der Waals surface area (Å²) in [6.07, 6.45) is 0.647. The molecule has 0 bridgehead atoms. The Hall–Kier alpha value is -2.22. The minimum Gasteiger partial charge on any atom is -0.478 e. The van der Waals surface area contributed by atoms with E-state index in [9.17, 15) is 19.3 Å². The van der Waals surface area contributed by atoms with E-state index >= 15 is 0 Å². The summed E-state index contributed by atoms with van der Waals surface area (Å²) in [5.74, 6) is -2.61. The molecule has 0 aromatic heterocycles. The fourth-order valence-corrected chi connectivity index (χ4v) is 1.71. The molecule has 8 heteroatoms. The van der Waals surface area contributed by atoms with Gasteiger partial charge in [-0.25, -0.2) is 9.18 Å². The molecule has 102 valence electrons. The number of nitro groups is 1. The Morgan fingerprint density at radius 1 is 1.63 bits per heavy atom. The highest BCUT2D eigenvalue weighted by atomic mass is 19.1. The first-order valence-electron chi connectivity index (χ1n) is 5.56. The maximum Gasteiger partial charge on any atom is 0.338 e. The number of halogens is 1. The van der Waals surface area contributed by atoms with Crippen LogP contribution in [0.15, 0.2) is 12.1 Å². The molecule has 7 nitrogen and oxygen atoms in total. The summed E-state index contributed by atoms with van der Waals surface area (Å²) in [4.78, 5) is 20.8. The molecule has 0 amide bonds. The van der Waals surface area contributed by atoms with Crippen molar-refractivity contribution in [3.63, 3.8) is 0 Å². The van der Waals surface area contributed by atoms with Gasteiger partial charge in [-0.1, -0.05) is 0 Å². The van der Waals surface area contributed by atoms with Crippen molar-refractivity contribution >= 4 is 17.3 Å². The average Bonchev–Trinajstić information content (AvgIpc) is 2.27. The number of benzene rings is 1.